The molecule has 1 unspecified atom stereocenters. The third-order valence-corrected chi connectivity index (χ3v) is 9.48. The van der Waals surface area contributed by atoms with Crippen molar-refractivity contribution in [3.63, 3.8) is 0 Å². The molecule has 1 aliphatic rings. The molecule has 5 aromatic rings. The van der Waals surface area contributed by atoms with Crippen molar-refractivity contribution in [2.75, 3.05) is 12.4 Å². The van der Waals surface area contributed by atoms with Crippen LogP contribution in [0.25, 0.3) is 0 Å². The van der Waals surface area contributed by atoms with Gasteiger partial charge in [-0.2, -0.15) is 4.98 Å². The molecule has 0 amide bonds. The molecule has 0 radical (unpaired) electrons. The molecule has 0 saturated carbocycles. The minimum Gasteiger partial charge on any atom is -0.493 e. The summed E-state index contributed by atoms with van der Waals surface area (Å²) in [6.07, 6.45) is 0. The molecule has 47 heavy (non-hydrogen) atoms. The summed E-state index contributed by atoms with van der Waals surface area (Å²) in [5.74, 6) is 1.50. The summed E-state index contributed by atoms with van der Waals surface area (Å²) in [5, 5.41) is 10.3. The number of aromatic nitrogens is 3. The molecule has 6 rings (SSSR count). The van der Waals surface area contributed by atoms with Gasteiger partial charge < -0.3 is 19.5 Å². The van der Waals surface area contributed by atoms with E-state index in [2.05, 4.69) is 5.32 Å². The Morgan fingerprint density at radius 2 is 1.62 bits per heavy atom. The van der Waals surface area contributed by atoms with Gasteiger partial charge >= 0.3 is 5.97 Å². The number of esters is 1. The Kier molecular flexibility index (Phi) is 10.3. The number of hydrogen-bond donors (Lipinski definition) is 1. The Morgan fingerprint density at radius 1 is 0.894 bits per heavy atom. The molecule has 240 valence electrons. The largest absolute Gasteiger partial charge is 0.493 e. The molecule has 12 heteroatoms. The standard InChI is InChI=1S/C35H29Cl3N4O4S/c1-21-31(33(43)46-18-22-9-4-3-5-10-22)32(42-34(39-21)40-35(41-42)47-20-24-11-6-7-12-26(24)36)23-15-16-29(30(17-23)44-2)45-19-25-27(37)13-8-14-28(25)38/h3-17,32H,18-20H2,1-2H3,(H,39,40,41). The van der Waals surface area contributed by atoms with E-state index in [1.54, 1.807) is 36.1 Å². The summed E-state index contributed by atoms with van der Waals surface area (Å²) in [4.78, 5) is 18.5. The molecule has 0 fully saturated rings. The summed E-state index contributed by atoms with van der Waals surface area (Å²) in [6.45, 7) is 2.08. The van der Waals surface area contributed by atoms with Gasteiger partial charge in [0.15, 0.2) is 11.5 Å². The maximum Gasteiger partial charge on any atom is 0.338 e. The Morgan fingerprint density at radius 3 is 2.36 bits per heavy atom. The van der Waals surface area contributed by atoms with Gasteiger partial charge in [-0.3, -0.25) is 0 Å². The molecule has 1 N–H and O–H groups in total. The second-order valence-electron chi connectivity index (χ2n) is 10.6. The molecule has 1 atom stereocenters. The number of methoxy groups -OCH3 is 1. The van der Waals surface area contributed by atoms with Gasteiger partial charge in [0.05, 0.1) is 12.7 Å². The van der Waals surface area contributed by atoms with Crippen molar-refractivity contribution in [3.05, 3.63) is 140 Å². The van der Waals surface area contributed by atoms with Crippen LogP contribution in [0.5, 0.6) is 11.5 Å². The van der Waals surface area contributed by atoms with Gasteiger partial charge in [0, 0.05) is 32.1 Å². The van der Waals surface area contributed by atoms with Crippen molar-refractivity contribution in [2.45, 2.75) is 37.1 Å². The number of allylic oxidation sites excluding steroid dienone is 1. The van der Waals surface area contributed by atoms with Crippen LogP contribution >= 0.6 is 46.6 Å². The zero-order chi connectivity index (χ0) is 32.9. The first-order chi connectivity index (χ1) is 22.8. The van der Waals surface area contributed by atoms with Crippen molar-refractivity contribution >= 4 is 58.5 Å². The van der Waals surface area contributed by atoms with E-state index in [1.807, 2.05) is 73.7 Å². The van der Waals surface area contributed by atoms with Crippen molar-refractivity contribution in [1.29, 1.82) is 0 Å². The highest BCUT2D eigenvalue weighted by Gasteiger charge is 2.36. The third-order valence-electron chi connectivity index (χ3n) is 7.52. The first kappa shape index (κ1) is 32.8. The average Bonchev–Trinajstić information content (AvgIpc) is 3.48. The number of carbonyl (C=O) groups excluding carboxylic acids is 1. The SMILES string of the molecule is COc1cc(C2C(C(=O)OCc3ccccc3)=C(C)Nc3nc(SCc4ccccc4Cl)nn32)ccc1OCc1c(Cl)cccc1Cl. The van der Waals surface area contributed by atoms with Crippen LogP contribution in [0, 0.1) is 0 Å². The van der Waals surface area contributed by atoms with Crippen LogP contribution in [0.2, 0.25) is 15.1 Å². The monoisotopic (exact) mass is 706 g/mol. The zero-order valence-electron chi connectivity index (χ0n) is 25.4. The van der Waals surface area contributed by atoms with Crippen LogP contribution in [0.1, 0.15) is 35.2 Å². The fourth-order valence-electron chi connectivity index (χ4n) is 5.12. The summed E-state index contributed by atoms with van der Waals surface area (Å²) in [7, 11) is 1.55. The number of carbonyl (C=O) groups is 1. The van der Waals surface area contributed by atoms with Gasteiger partial charge in [0.2, 0.25) is 11.1 Å². The minimum absolute atomic E-state index is 0.118. The quantitative estimate of drug-likeness (QED) is 0.107. The lowest BCUT2D eigenvalue weighted by Crippen LogP contribution is -2.29. The van der Waals surface area contributed by atoms with Crippen molar-refractivity contribution in [1.82, 2.24) is 14.8 Å². The number of anilines is 1. The fraction of sp³-hybridized carbons (Fsp3) is 0.171. The number of benzene rings is 4. The van der Waals surface area contributed by atoms with E-state index in [9.17, 15) is 4.79 Å². The fourth-order valence-corrected chi connectivity index (χ4v) is 6.74. The van der Waals surface area contributed by atoms with Gasteiger partial charge in [0.1, 0.15) is 19.3 Å². The van der Waals surface area contributed by atoms with E-state index in [4.69, 9.17) is 59.1 Å². The number of fused-ring (bicyclic) bond motifs is 1. The first-order valence-corrected chi connectivity index (χ1v) is 16.7. The number of thioether (sulfide) groups is 1. The molecule has 1 aliphatic heterocycles. The lowest BCUT2D eigenvalue weighted by atomic mass is 9.95. The number of halogens is 3. The summed E-state index contributed by atoms with van der Waals surface area (Å²) < 4.78 is 19.4. The minimum atomic E-state index is -0.683. The van der Waals surface area contributed by atoms with Crippen molar-refractivity contribution < 1.29 is 19.0 Å². The number of rotatable bonds is 11. The second-order valence-corrected chi connectivity index (χ2v) is 12.7. The molecular formula is C35H29Cl3N4O4S. The van der Waals surface area contributed by atoms with Gasteiger partial charge in [-0.15, -0.1) is 5.10 Å². The second kappa shape index (κ2) is 14.7. The van der Waals surface area contributed by atoms with Crippen LogP contribution in [-0.2, 0) is 28.5 Å². The summed E-state index contributed by atoms with van der Waals surface area (Å²) in [6, 6.07) is 27.3. The van der Waals surface area contributed by atoms with E-state index in [-0.39, 0.29) is 13.2 Å². The number of nitrogens with one attached hydrogen (secondary N) is 1. The molecular weight excluding hydrogens is 679 g/mol. The van der Waals surface area contributed by atoms with Crippen LogP contribution in [0.3, 0.4) is 0 Å². The average molecular weight is 708 g/mol. The molecule has 0 saturated heterocycles. The van der Waals surface area contributed by atoms with Crippen LogP contribution < -0.4 is 14.8 Å². The predicted molar refractivity (Wildman–Crippen MR) is 186 cm³/mol. The maximum atomic E-state index is 13.8. The normalized spacial score (nSPS) is 13.9. The summed E-state index contributed by atoms with van der Waals surface area (Å²) >= 11 is 20.6. The first-order valence-electron chi connectivity index (χ1n) is 14.6. The van der Waals surface area contributed by atoms with Crippen molar-refractivity contribution in [2.24, 2.45) is 0 Å². The highest BCUT2D eigenvalue weighted by atomic mass is 35.5. The van der Waals surface area contributed by atoms with Gasteiger partial charge in [0.25, 0.3) is 0 Å². The lowest BCUT2D eigenvalue weighted by Gasteiger charge is -2.28. The summed E-state index contributed by atoms with van der Waals surface area (Å²) in [5.41, 5.74) is 4.21. The molecule has 0 aliphatic carbocycles. The molecule has 4 aromatic carbocycles. The topological polar surface area (TPSA) is 87.5 Å². The molecule has 0 bridgehead atoms. The lowest BCUT2D eigenvalue weighted by molar-refractivity contribution is -0.140. The van der Waals surface area contributed by atoms with Crippen molar-refractivity contribution in [3.8, 4) is 11.5 Å². The van der Waals surface area contributed by atoms with E-state index < -0.39 is 12.0 Å². The van der Waals surface area contributed by atoms with Gasteiger partial charge in [-0.25, -0.2) is 9.48 Å². The Balaban J connectivity index is 1.33. The predicted octanol–water partition coefficient (Wildman–Crippen LogP) is 9.15. The Bertz CT molecular complexity index is 1930. The van der Waals surface area contributed by atoms with E-state index in [1.165, 1.54) is 11.8 Å². The maximum absolute atomic E-state index is 13.8. The number of nitrogens with zero attached hydrogens (tertiary/aromatic N) is 3. The molecule has 8 nitrogen and oxygen atoms in total. The highest BCUT2D eigenvalue weighted by molar-refractivity contribution is 7.98. The number of hydrogen-bond acceptors (Lipinski definition) is 8. The van der Waals surface area contributed by atoms with Crippen LogP contribution in [0.4, 0.5) is 5.95 Å². The molecule has 0 spiro atoms. The molecule has 1 aromatic heterocycles. The van der Waals surface area contributed by atoms with E-state index >= 15 is 0 Å². The Hall–Kier alpha value is -4.15. The highest BCUT2D eigenvalue weighted by Crippen LogP contribution is 2.41. The Labute approximate surface area is 291 Å². The van der Waals surface area contributed by atoms with Crippen LogP contribution in [0.15, 0.2) is 107 Å². The molecule has 2 heterocycles. The smallest absolute Gasteiger partial charge is 0.338 e. The third kappa shape index (κ3) is 7.39. The van der Waals surface area contributed by atoms with Gasteiger partial charge in [-0.1, -0.05) is 107 Å². The van der Waals surface area contributed by atoms with Crippen LogP contribution in [-0.4, -0.2) is 27.8 Å². The van der Waals surface area contributed by atoms with E-state index in [0.29, 0.717) is 65.8 Å². The zero-order valence-corrected chi connectivity index (χ0v) is 28.5. The number of ether oxygens (including phenoxy) is 3. The van der Waals surface area contributed by atoms with E-state index in [0.717, 1.165) is 11.1 Å². The van der Waals surface area contributed by atoms with Gasteiger partial charge in [-0.05, 0) is 53.9 Å².